The zero-order chi connectivity index (χ0) is 22.4. The maximum Gasteiger partial charge on any atom is 0.243 e. The third-order valence-electron chi connectivity index (χ3n) is 5.77. The lowest BCUT2D eigenvalue weighted by Crippen LogP contribution is -2.43. The summed E-state index contributed by atoms with van der Waals surface area (Å²) in [6.45, 7) is 7.15. The van der Waals surface area contributed by atoms with Gasteiger partial charge >= 0.3 is 0 Å². The molecule has 1 aliphatic rings. The van der Waals surface area contributed by atoms with Gasteiger partial charge in [-0.05, 0) is 68.0 Å². The number of sulfonamides is 1. The largest absolute Gasteiger partial charge is 0.494 e. The van der Waals surface area contributed by atoms with E-state index in [1.54, 1.807) is 24.3 Å². The van der Waals surface area contributed by atoms with Crippen LogP contribution in [0.25, 0.3) is 0 Å². The average Bonchev–Trinajstić information content (AvgIpc) is 2.79. The summed E-state index contributed by atoms with van der Waals surface area (Å²) < 4.78 is 33.1. The van der Waals surface area contributed by atoms with Gasteiger partial charge in [0.1, 0.15) is 5.75 Å². The fourth-order valence-electron chi connectivity index (χ4n) is 4.03. The van der Waals surface area contributed by atoms with E-state index >= 15 is 0 Å². The van der Waals surface area contributed by atoms with Crippen molar-refractivity contribution in [1.29, 1.82) is 0 Å². The third-order valence-corrected chi connectivity index (χ3v) is 7.65. The molecule has 2 aromatic rings. The number of nitrogens with zero attached hydrogens (tertiary/aromatic N) is 1. The molecule has 0 radical (unpaired) electrons. The zero-order valence-electron chi connectivity index (χ0n) is 18.6. The van der Waals surface area contributed by atoms with Crippen molar-refractivity contribution in [2.75, 3.05) is 25.0 Å². The molecule has 0 aromatic heterocycles. The minimum Gasteiger partial charge on any atom is -0.494 e. The van der Waals surface area contributed by atoms with Crippen LogP contribution < -0.4 is 10.1 Å². The fourth-order valence-corrected chi connectivity index (χ4v) is 5.55. The van der Waals surface area contributed by atoms with Gasteiger partial charge in [-0.2, -0.15) is 4.31 Å². The van der Waals surface area contributed by atoms with Crippen LogP contribution in [0.5, 0.6) is 5.75 Å². The Hall–Kier alpha value is -2.38. The number of hydrogen-bond donors (Lipinski definition) is 1. The van der Waals surface area contributed by atoms with Crippen LogP contribution in [0.1, 0.15) is 44.7 Å². The summed E-state index contributed by atoms with van der Waals surface area (Å²) in [5.41, 5.74) is 3.08. The van der Waals surface area contributed by atoms with E-state index in [1.165, 1.54) is 4.31 Å². The highest BCUT2D eigenvalue weighted by Gasteiger charge is 2.33. The van der Waals surface area contributed by atoms with E-state index in [1.807, 2.05) is 25.1 Å². The van der Waals surface area contributed by atoms with Crippen molar-refractivity contribution in [3.05, 3.63) is 53.6 Å². The van der Waals surface area contributed by atoms with Crippen LogP contribution in [-0.4, -0.2) is 38.3 Å². The van der Waals surface area contributed by atoms with E-state index < -0.39 is 10.0 Å². The molecule has 1 atom stereocenters. The SMILES string of the molecule is CCOc1ccc(S(=O)(=O)N2CCC[C@H](C(=O)Nc3c(CC)cccc3CC)C2)cc1. The van der Waals surface area contributed by atoms with Gasteiger partial charge in [-0.3, -0.25) is 4.79 Å². The molecule has 0 bridgehead atoms. The lowest BCUT2D eigenvalue weighted by atomic mass is 9.97. The second-order valence-corrected chi connectivity index (χ2v) is 9.69. The van der Waals surface area contributed by atoms with Crippen molar-refractivity contribution in [3.63, 3.8) is 0 Å². The zero-order valence-corrected chi connectivity index (χ0v) is 19.4. The molecule has 1 aliphatic heterocycles. The van der Waals surface area contributed by atoms with E-state index in [-0.39, 0.29) is 23.3 Å². The Bertz CT molecular complexity index is 980. The van der Waals surface area contributed by atoms with Gasteiger partial charge in [-0.15, -0.1) is 0 Å². The van der Waals surface area contributed by atoms with Crippen molar-refractivity contribution < 1.29 is 17.9 Å². The number of nitrogens with one attached hydrogen (secondary N) is 1. The lowest BCUT2D eigenvalue weighted by Gasteiger charge is -2.31. The minimum atomic E-state index is -3.66. The van der Waals surface area contributed by atoms with Crippen LogP contribution in [0, 0.1) is 5.92 Å². The molecule has 0 unspecified atom stereocenters. The topological polar surface area (TPSA) is 75.7 Å². The summed E-state index contributed by atoms with van der Waals surface area (Å²) in [4.78, 5) is 13.3. The summed E-state index contributed by atoms with van der Waals surface area (Å²) >= 11 is 0. The van der Waals surface area contributed by atoms with Crippen LogP contribution in [0.3, 0.4) is 0 Å². The summed E-state index contributed by atoms with van der Waals surface area (Å²) in [6.07, 6.45) is 2.99. The first kappa shape index (κ1) is 23.3. The molecule has 0 saturated carbocycles. The number of rotatable bonds is 8. The Labute approximate surface area is 185 Å². The molecule has 1 saturated heterocycles. The second kappa shape index (κ2) is 10.3. The number of hydrogen-bond acceptors (Lipinski definition) is 4. The molecule has 31 heavy (non-hydrogen) atoms. The number of anilines is 1. The Balaban J connectivity index is 1.75. The molecule has 1 fully saturated rings. The molecule has 0 aliphatic carbocycles. The van der Waals surface area contributed by atoms with Crippen LogP contribution >= 0.6 is 0 Å². The molecule has 1 heterocycles. The van der Waals surface area contributed by atoms with Gasteiger partial charge in [0.2, 0.25) is 15.9 Å². The number of carbonyl (C=O) groups is 1. The average molecular weight is 445 g/mol. The van der Waals surface area contributed by atoms with Crippen LogP contribution in [0.4, 0.5) is 5.69 Å². The quantitative estimate of drug-likeness (QED) is 0.660. The Morgan fingerprint density at radius 1 is 1.06 bits per heavy atom. The number of aryl methyl sites for hydroxylation is 2. The van der Waals surface area contributed by atoms with Crippen molar-refractivity contribution >= 4 is 21.6 Å². The Morgan fingerprint density at radius 2 is 1.71 bits per heavy atom. The van der Waals surface area contributed by atoms with Crippen LogP contribution in [0.2, 0.25) is 0 Å². The predicted molar refractivity (Wildman–Crippen MR) is 123 cm³/mol. The number of benzene rings is 2. The molecular formula is C24H32N2O4S. The van der Waals surface area contributed by atoms with E-state index in [4.69, 9.17) is 4.74 Å². The van der Waals surface area contributed by atoms with E-state index in [2.05, 4.69) is 19.2 Å². The molecule has 7 heteroatoms. The van der Waals surface area contributed by atoms with E-state index in [0.717, 1.165) is 29.7 Å². The standard InChI is InChI=1S/C24H32N2O4S/c1-4-18-9-7-10-19(5-2)23(18)25-24(27)20-11-8-16-26(17-20)31(28,29)22-14-12-21(13-15-22)30-6-3/h7,9-10,12-15,20H,4-6,8,11,16-17H2,1-3H3,(H,25,27)/t20-/m0/s1. The summed E-state index contributed by atoms with van der Waals surface area (Å²) in [5, 5.41) is 3.11. The predicted octanol–water partition coefficient (Wildman–Crippen LogP) is 4.25. The number of amides is 1. The maximum absolute atomic E-state index is 13.1. The van der Waals surface area contributed by atoms with Gasteiger partial charge in [0.15, 0.2) is 0 Å². The highest BCUT2D eigenvalue weighted by molar-refractivity contribution is 7.89. The van der Waals surface area contributed by atoms with Gasteiger partial charge in [-0.25, -0.2) is 8.42 Å². The van der Waals surface area contributed by atoms with Gasteiger partial charge in [0.25, 0.3) is 0 Å². The second-order valence-electron chi connectivity index (χ2n) is 7.75. The molecule has 6 nitrogen and oxygen atoms in total. The molecule has 1 amide bonds. The molecule has 1 N–H and O–H groups in total. The lowest BCUT2D eigenvalue weighted by molar-refractivity contribution is -0.120. The van der Waals surface area contributed by atoms with Gasteiger partial charge < -0.3 is 10.1 Å². The van der Waals surface area contributed by atoms with Gasteiger partial charge in [0.05, 0.1) is 17.4 Å². The molecule has 168 valence electrons. The molecule has 2 aromatic carbocycles. The summed E-state index contributed by atoms with van der Waals surface area (Å²) in [5.74, 6) is 0.154. The van der Waals surface area contributed by atoms with Gasteiger partial charge in [-0.1, -0.05) is 32.0 Å². The van der Waals surface area contributed by atoms with Crippen molar-refractivity contribution in [3.8, 4) is 5.75 Å². The molecule has 0 spiro atoms. The smallest absolute Gasteiger partial charge is 0.243 e. The summed E-state index contributed by atoms with van der Waals surface area (Å²) in [7, 11) is -3.66. The van der Waals surface area contributed by atoms with Crippen LogP contribution in [-0.2, 0) is 27.7 Å². The normalized spacial score (nSPS) is 17.3. The van der Waals surface area contributed by atoms with Gasteiger partial charge in [0, 0.05) is 18.8 Å². The number of para-hydroxylation sites is 1. The number of ether oxygens (including phenoxy) is 1. The Kier molecular flexibility index (Phi) is 7.73. The van der Waals surface area contributed by atoms with Crippen molar-refractivity contribution in [1.82, 2.24) is 4.31 Å². The fraction of sp³-hybridized carbons (Fsp3) is 0.458. The van der Waals surface area contributed by atoms with Crippen LogP contribution in [0.15, 0.2) is 47.4 Å². The molecular weight excluding hydrogens is 412 g/mol. The first-order valence-corrected chi connectivity index (χ1v) is 12.5. The van der Waals surface area contributed by atoms with Crippen molar-refractivity contribution in [2.45, 2.75) is 51.3 Å². The van der Waals surface area contributed by atoms with Crippen molar-refractivity contribution in [2.24, 2.45) is 5.92 Å². The summed E-state index contributed by atoms with van der Waals surface area (Å²) in [6, 6.07) is 12.5. The van der Waals surface area contributed by atoms with E-state index in [9.17, 15) is 13.2 Å². The Morgan fingerprint density at radius 3 is 2.29 bits per heavy atom. The molecule has 3 rings (SSSR count). The number of piperidine rings is 1. The maximum atomic E-state index is 13.1. The highest BCUT2D eigenvalue weighted by atomic mass is 32.2. The number of carbonyl (C=O) groups excluding carboxylic acids is 1. The van der Waals surface area contributed by atoms with E-state index in [0.29, 0.717) is 31.7 Å². The monoisotopic (exact) mass is 444 g/mol. The first-order chi connectivity index (χ1) is 14.9. The first-order valence-electron chi connectivity index (χ1n) is 11.0. The minimum absolute atomic E-state index is 0.109. The highest BCUT2D eigenvalue weighted by Crippen LogP contribution is 2.28. The third kappa shape index (κ3) is 5.28.